The number of fused-ring (bicyclic) bond motifs is 1. The summed E-state index contributed by atoms with van der Waals surface area (Å²) in [5.41, 5.74) is 4.13. The van der Waals surface area contributed by atoms with E-state index in [0.29, 0.717) is 11.3 Å². The Labute approximate surface area is 125 Å². The highest BCUT2D eigenvalue weighted by Gasteiger charge is 2.08. The number of para-hydroxylation sites is 1. The minimum Gasteiger partial charge on any atom is -0.330 e. The summed E-state index contributed by atoms with van der Waals surface area (Å²) in [7, 11) is 0. The number of halogens is 2. The predicted octanol–water partition coefficient (Wildman–Crippen LogP) is 4.85. The number of hydrogen-bond acceptors (Lipinski definition) is 1. The van der Waals surface area contributed by atoms with Crippen LogP contribution in [0.2, 0.25) is 5.02 Å². The Morgan fingerprint density at radius 3 is 2.85 bits per heavy atom. The Balaban J connectivity index is 2.11. The largest absolute Gasteiger partial charge is 0.330 e. The minimum absolute atomic E-state index is 0.130. The highest BCUT2D eigenvalue weighted by atomic mass is 35.5. The molecule has 2 nitrogen and oxygen atoms in total. The molecule has 102 valence electrons. The van der Waals surface area contributed by atoms with E-state index >= 15 is 0 Å². The first-order valence-electron chi connectivity index (χ1n) is 6.18. The van der Waals surface area contributed by atoms with Gasteiger partial charge in [0.1, 0.15) is 5.82 Å². The van der Waals surface area contributed by atoms with E-state index in [4.69, 9.17) is 23.8 Å². The Kier molecular flexibility index (Phi) is 3.36. The molecule has 0 saturated carbocycles. The fourth-order valence-electron chi connectivity index (χ4n) is 2.30. The van der Waals surface area contributed by atoms with Crippen molar-refractivity contribution < 1.29 is 4.39 Å². The van der Waals surface area contributed by atoms with Crippen LogP contribution in [0.25, 0.3) is 11.0 Å². The maximum absolute atomic E-state index is 13.2. The summed E-state index contributed by atoms with van der Waals surface area (Å²) in [5.74, 6) is -0.409. The van der Waals surface area contributed by atoms with Crippen LogP contribution in [-0.2, 0) is 6.54 Å². The average molecular weight is 307 g/mol. The van der Waals surface area contributed by atoms with Crippen molar-refractivity contribution in [3.05, 3.63) is 63.1 Å². The molecular weight excluding hydrogens is 295 g/mol. The zero-order valence-corrected chi connectivity index (χ0v) is 12.4. The Bertz CT molecular complexity index is 851. The number of nitrogens with zero attached hydrogens (tertiary/aromatic N) is 1. The van der Waals surface area contributed by atoms with Gasteiger partial charge in [-0.1, -0.05) is 29.8 Å². The van der Waals surface area contributed by atoms with Crippen LogP contribution in [0.3, 0.4) is 0 Å². The molecule has 3 aromatic rings. The van der Waals surface area contributed by atoms with Gasteiger partial charge in [0.05, 0.1) is 22.6 Å². The minimum atomic E-state index is -0.409. The van der Waals surface area contributed by atoms with Gasteiger partial charge in [-0.15, -0.1) is 0 Å². The molecule has 0 aliphatic carbocycles. The van der Waals surface area contributed by atoms with Crippen molar-refractivity contribution in [3.63, 3.8) is 0 Å². The van der Waals surface area contributed by atoms with Gasteiger partial charge in [0.15, 0.2) is 4.77 Å². The van der Waals surface area contributed by atoms with E-state index in [9.17, 15) is 4.39 Å². The fraction of sp³-hybridized carbons (Fsp3) is 0.133. The topological polar surface area (TPSA) is 20.7 Å². The molecule has 0 atom stereocenters. The van der Waals surface area contributed by atoms with Gasteiger partial charge < -0.3 is 9.55 Å². The van der Waals surface area contributed by atoms with Crippen LogP contribution in [0.1, 0.15) is 11.1 Å². The van der Waals surface area contributed by atoms with Crippen LogP contribution in [0, 0.1) is 17.5 Å². The summed E-state index contributed by atoms with van der Waals surface area (Å²) in [5, 5.41) is 0.130. The molecule has 1 N–H and O–H groups in total. The van der Waals surface area contributed by atoms with Crippen molar-refractivity contribution in [2.24, 2.45) is 0 Å². The molecule has 2 aromatic carbocycles. The van der Waals surface area contributed by atoms with E-state index in [1.807, 2.05) is 29.7 Å². The summed E-state index contributed by atoms with van der Waals surface area (Å²) >= 11 is 11.2. The number of aromatic amines is 1. The van der Waals surface area contributed by atoms with Crippen molar-refractivity contribution in [2.45, 2.75) is 13.5 Å². The van der Waals surface area contributed by atoms with Gasteiger partial charge in [-0.25, -0.2) is 4.39 Å². The van der Waals surface area contributed by atoms with Crippen molar-refractivity contribution >= 4 is 34.9 Å². The van der Waals surface area contributed by atoms with Crippen molar-refractivity contribution in [1.82, 2.24) is 9.55 Å². The summed E-state index contributed by atoms with van der Waals surface area (Å²) in [6.07, 6.45) is 0. The van der Waals surface area contributed by atoms with Gasteiger partial charge in [-0.05, 0) is 48.5 Å². The molecule has 20 heavy (non-hydrogen) atoms. The lowest BCUT2D eigenvalue weighted by atomic mass is 10.2. The maximum atomic E-state index is 13.2. The van der Waals surface area contributed by atoms with E-state index in [0.717, 1.165) is 22.2 Å². The molecule has 0 radical (unpaired) electrons. The molecule has 1 aromatic heterocycles. The summed E-state index contributed by atoms with van der Waals surface area (Å²) in [6.45, 7) is 2.59. The lowest BCUT2D eigenvalue weighted by molar-refractivity contribution is 0.627. The molecular formula is C15H12ClFN2S. The zero-order chi connectivity index (χ0) is 14.3. The Morgan fingerprint density at radius 2 is 2.10 bits per heavy atom. The molecule has 0 aliphatic heterocycles. The first-order chi connectivity index (χ1) is 9.56. The number of aromatic nitrogens is 2. The van der Waals surface area contributed by atoms with Crippen LogP contribution in [0.5, 0.6) is 0 Å². The number of nitrogens with one attached hydrogen (secondary N) is 1. The molecule has 0 bridgehead atoms. The molecule has 0 spiro atoms. The van der Waals surface area contributed by atoms with E-state index in [1.54, 1.807) is 12.1 Å². The first kappa shape index (κ1) is 13.3. The van der Waals surface area contributed by atoms with Crippen LogP contribution in [-0.4, -0.2) is 9.55 Å². The van der Waals surface area contributed by atoms with Crippen molar-refractivity contribution in [1.29, 1.82) is 0 Å². The maximum Gasteiger partial charge on any atom is 0.178 e. The number of hydrogen-bond donors (Lipinski definition) is 1. The number of rotatable bonds is 2. The smallest absolute Gasteiger partial charge is 0.178 e. The quantitative estimate of drug-likeness (QED) is 0.671. The Morgan fingerprint density at radius 1 is 1.30 bits per heavy atom. The van der Waals surface area contributed by atoms with Crippen LogP contribution < -0.4 is 0 Å². The van der Waals surface area contributed by atoms with Crippen LogP contribution >= 0.6 is 23.8 Å². The molecule has 0 fully saturated rings. The van der Waals surface area contributed by atoms with Crippen molar-refractivity contribution in [2.75, 3.05) is 0 Å². The molecule has 1 heterocycles. The highest BCUT2D eigenvalue weighted by Crippen LogP contribution is 2.21. The molecule has 3 rings (SSSR count). The second-order valence-electron chi connectivity index (χ2n) is 4.73. The monoisotopic (exact) mass is 306 g/mol. The molecule has 0 unspecified atom stereocenters. The summed E-state index contributed by atoms with van der Waals surface area (Å²) in [4.78, 5) is 3.21. The third-order valence-corrected chi connectivity index (χ3v) is 3.96. The number of H-pyrrole nitrogens is 1. The highest BCUT2D eigenvalue weighted by molar-refractivity contribution is 7.71. The number of aryl methyl sites for hydroxylation is 1. The first-order valence-corrected chi connectivity index (χ1v) is 6.97. The van der Waals surface area contributed by atoms with E-state index < -0.39 is 5.82 Å². The van der Waals surface area contributed by atoms with Crippen molar-refractivity contribution in [3.8, 4) is 0 Å². The van der Waals surface area contributed by atoms with Gasteiger partial charge in [0, 0.05) is 0 Å². The third kappa shape index (κ3) is 2.25. The normalized spacial score (nSPS) is 11.2. The van der Waals surface area contributed by atoms with Crippen LogP contribution in [0.15, 0.2) is 36.4 Å². The third-order valence-electron chi connectivity index (χ3n) is 3.34. The van der Waals surface area contributed by atoms with Crippen LogP contribution in [0.4, 0.5) is 4.39 Å². The second kappa shape index (κ2) is 5.04. The van der Waals surface area contributed by atoms with Gasteiger partial charge >= 0.3 is 0 Å². The molecule has 0 aliphatic rings. The second-order valence-corrected chi connectivity index (χ2v) is 5.53. The molecule has 0 saturated heterocycles. The van der Waals surface area contributed by atoms with Gasteiger partial charge in [-0.2, -0.15) is 0 Å². The standard InChI is InChI=1S/C15H12ClFN2S/c1-9-3-2-4-13-14(9)18-15(20)19(13)8-10-5-6-12(17)11(16)7-10/h2-7H,8H2,1H3,(H,18,20). The summed E-state index contributed by atoms with van der Waals surface area (Å²) < 4.78 is 15.8. The fourth-order valence-corrected chi connectivity index (χ4v) is 2.77. The summed E-state index contributed by atoms with van der Waals surface area (Å²) in [6, 6.07) is 10.8. The SMILES string of the molecule is Cc1cccc2c1[nH]c(=S)n2Cc1ccc(F)c(Cl)c1. The number of imidazole rings is 1. The van der Waals surface area contributed by atoms with Gasteiger partial charge in [-0.3, -0.25) is 0 Å². The molecule has 5 heteroatoms. The zero-order valence-electron chi connectivity index (χ0n) is 10.8. The lowest BCUT2D eigenvalue weighted by Gasteiger charge is -2.06. The van der Waals surface area contributed by atoms with Gasteiger partial charge in [0.2, 0.25) is 0 Å². The van der Waals surface area contributed by atoms with Gasteiger partial charge in [0.25, 0.3) is 0 Å². The van der Waals surface area contributed by atoms with E-state index in [2.05, 4.69) is 4.98 Å². The Hall–Kier alpha value is -1.65. The average Bonchev–Trinajstić information content (AvgIpc) is 2.73. The molecule has 0 amide bonds. The van der Waals surface area contributed by atoms with E-state index in [1.165, 1.54) is 6.07 Å². The van der Waals surface area contributed by atoms with E-state index in [-0.39, 0.29) is 5.02 Å². The predicted molar refractivity (Wildman–Crippen MR) is 82.4 cm³/mol. The lowest BCUT2D eigenvalue weighted by Crippen LogP contribution is -2.00. The number of benzene rings is 2.